The second kappa shape index (κ2) is 6.60. The Kier molecular flexibility index (Phi) is 5.74. The summed E-state index contributed by atoms with van der Waals surface area (Å²) in [7, 11) is 0. The van der Waals surface area contributed by atoms with Crippen molar-refractivity contribution in [1.29, 1.82) is 0 Å². The quantitative estimate of drug-likeness (QED) is 0.831. The van der Waals surface area contributed by atoms with Gasteiger partial charge < -0.3 is 10.4 Å². The molecule has 0 saturated carbocycles. The summed E-state index contributed by atoms with van der Waals surface area (Å²) in [5.41, 5.74) is 0.914. The molecule has 2 N–H and O–H groups in total. The summed E-state index contributed by atoms with van der Waals surface area (Å²) in [6.45, 7) is 5.04. The molecule has 1 aromatic rings. The molecule has 0 radical (unpaired) electrons. The van der Waals surface area contributed by atoms with Crippen LogP contribution in [0.5, 0.6) is 0 Å². The first-order chi connectivity index (χ1) is 8.02. The van der Waals surface area contributed by atoms with Crippen LogP contribution in [-0.4, -0.2) is 17.3 Å². The number of hydrogen-bond acceptors (Lipinski definition) is 2. The van der Waals surface area contributed by atoms with Crippen molar-refractivity contribution in [3.8, 4) is 0 Å². The maximum Gasteiger partial charge on any atom is 0.0637 e. The van der Waals surface area contributed by atoms with Gasteiger partial charge in [-0.3, -0.25) is 0 Å². The van der Waals surface area contributed by atoms with Crippen molar-refractivity contribution >= 4 is 23.2 Å². The Bertz CT molecular complexity index is 370. The van der Waals surface area contributed by atoms with Gasteiger partial charge in [-0.1, -0.05) is 42.3 Å². The van der Waals surface area contributed by atoms with Crippen LogP contribution in [0.15, 0.2) is 18.2 Å². The minimum absolute atomic E-state index is 0.0691. The zero-order valence-corrected chi connectivity index (χ0v) is 11.8. The third-order valence-corrected chi connectivity index (χ3v) is 4.04. The summed E-state index contributed by atoms with van der Waals surface area (Å²) in [5.74, 6) is 0. The highest BCUT2D eigenvalue weighted by atomic mass is 35.5. The molecule has 1 unspecified atom stereocenters. The van der Waals surface area contributed by atoms with Crippen LogP contribution in [-0.2, 0) is 6.54 Å². The summed E-state index contributed by atoms with van der Waals surface area (Å²) < 4.78 is 0. The molecule has 0 aliphatic rings. The zero-order valence-electron chi connectivity index (χ0n) is 10.3. The largest absolute Gasteiger partial charge is 0.396 e. The Morgan fingerprint density at radius 1 is 1.35 bits per heavy atom. The second-order valence-corrected chi connectivity index (χ2v) is 5.24. The summed E-state index contributed by atoms with van der Waals surface area (Å²) in [6.07, 6.45) is 1.67. The van der Waals surface area contributed by atoms with Crippen LogP contribution in [0.1, 0.15) is 32.3 Å². The first-order valence-corrected chi connectivity index (χ1v) is 6.57. The van der Waals surface area contributed by atoms with Crippen molar-refractivity contribution in [2.45, 2.75) is 38.8 Å². The van der Waals surface area contributed by atoms with Crippen LogP contribution >= 0.6 is 23.2 Å². The number of aliphatic hydroxyl groups is 1. The van der Waals surface area contributed by atoms with Crippen molar-refractivity contribution in [1.82, 2.24) is 5.32 Å². The van der Waals surface area contributed by atoms with Crippen molar-refractivity contribution in [3.05, 3.63) is 33.8 Å². The molecule has 96 valence electrons. The molecule has 2 nitrogen and oxygen atoms in total. The summed E-state index contributed by atoms with van der Waals surface area (Å²) in [5, 5.41) is 13.6. The summed E-state index contributed by atoms with van der Waals surface area (Å²) in [4.78, 5) is 0. The van der Waals surface area contributed by atoms with E-state index in [0.29, 0.717) is 16.6 Å². The van der Waals surface area contributed by atoms with Gasteiger partial charge in [-0.2, -0.15) is 0 Å². The minimum atomic E-state index is -0.0691. The fourth-order valence-corrected chi connectivity index (χ4v) is 2.02. The predicted octanol–water partition coefficient (Wildman–Crippen LogP) is 3.63. The maximum absolute atomic E-state index is 9.04. The summed E-state index contributed by atoms with van der Waals surface area (Å²) in [6, 6.07) is 5.62. The van der Waals surface area contributed by atoms with E-state index in [4.69, 9.17) is 28.3 Å². The minimum Gasteiger partial charge on any atom is -0.396 e. The van der Waals surface area contributed by atoms with E-state index >= 15 is 0 Å². The van der Waals surface area contributed by atoms with Gasteiger partial charge in [0.1, 0.15) is 0 Å². The number of halogens is 2. The Balaban J connectivity index is 2.69. The molecule has 0 aliphatic carbocycles. The monoisotopic (exact) mass is 275 g/mol. The molecule has 0 spiro atoms. The molecule has 4 heteroatoms. The predicted molar refractivity (Wildman–Crippen MR) is 73.7 cm³/mol. The van der Waals surface area contributed by atoms with E-state index in [9.17, 15) is 0 Å². The van der Waals surface area contributed by atoms with Gasteiger partial charge >= 0.3 is 0 Å². The smallest absolute Gasteiger partial charge is 0.0637 e. The van der Waals surface area contributed by atoms with Gasteiger partial charge in [0.25, 0.3) is 0 Å². The van der Waals surface area contributed by atoms with Crippen molar-refractivity contribution in [3.63, 3.8) is 0 Å². The van der Waals surface area contributed by atoms with E-state index < -0.39 is 0 Å². The van der Waals surface area contributed by atoms with Crippen LogP contribution in [0.4, 0.5) is 0 Å². The first-order valence-electron chi connectivity index (χ1n) is 5.81. The molecule has 0 amide bonds. The van der Waals surface area contributed by atoms with Crippen molar-refractivity contribution in [2.24, 2.45) is 0 Å². The van der Waals surface area contributed by atoms with Gasteiger partial charge in [-0.25, -0.2) is 0 Å². The zero-order chi connectivity index (χ0) is 12.9. The van der Waals surface area contributed by atoms with Gasteiger partial charge in [-0.05, 0) is 31.4 Å². The summed E-state index contributed by atoms with van der Waals surface area (Å²) >= 11 is 12.1. The van der Waals surface area contributed by atoms with E-state index in [1.807, 2.05) is 12.1 Å². The second-order valence-electron chi connectivity index (χ2n) is 4.45. The lowest BCUT2D eigenvalue weighted by atomic mass is 9.94. The van der Waals surface area contributed by atoms with E-state index in [1.54, 1.807) is 6.07 Å². The third kappa shape index (κ3) is 4.14. The van der Waals surface area contributed by atoms with Gasteiger partial charge in [-0.15, -0.1) is 0 Å². The molecule has 1 aromatic carbocycles. The molecule has 0 fully saturated rings. The number of hydrogen-bond donors (Lipinski definition) is 2. The average Bonchev–Trinajstić information content (AvgIpc) is 2.31. The fourth-order valence-electron chi connectivity index (χ4n) is 1.63. The number of nitrogens with one attached hydrogen (secondary N) is 1. The third-order valence-electron chi connectivity index (χ3n) is 3.18. The molecule has 0 bridgehead atoms. The number of aliphatic hydroxyl groups excluding tert-OH is 1. The highest BCUT2D eigenvalue weighted by Gasteiger charge is 2.20. The van der Waals surface area contributed by atoms with Crippen LogP contribution in [0.25, 0.3) is 0 Å². The molecular formula is C13H19Cl2NO. The Labute approximate surface area is 113 Å². The lowest BCUT2D eigenvalue weighted by Gasteiger charge is -2.29. The van der Waals surface area contributed by atoms with Crippen LogP contribution in [0.3, 0.4) is 0 Å². The molecule has 1 rings (SSSR count). The molecule has 0 saturated heterocycles. The normalized spacial score (nSPS) is 14.6. The topological polar surface area (TPSA) is 32.3 Å². The number of benzene rings is 1. The van der Waals surface area contributed by atoms with Crippen molar-refractivity contribution < 1.29 is 5.11 Å². The SMILES string of the molecule is CCC(C)(CCO)NCc1cccc(Cl)c1Cl. The maximum atomic E-state index is 9.04. The van der Waals surface area contributed by atoms with E-state index in [2.05, 4.69) is 19.2 Å². The Morgan fingerprint density at radius 2 is 2.06 bits per heavy atom. The highest BCUT2D eigenvalue weighted by molar-refractivity contribution is 6.42. The van der Waals surface area contributed by atoms with E-state index in [0.717, 1.165) is 18.4 Å². The lowest BCUT2D eigenvalue weighted by molar-refractivity contribution is 0.214. The molecule has 0 heterocycles. The van der Waals surface area contributed by atoms with Crippen molar-refractivity contribution in [2.75, 3.05) is 6.61 Å². The van der Waals surface area contributed by atoms with Crippen LogP contribution in [0, 0.1) is 0 Å². The molecule has 1 atom stereocenters. The Morgan fingerprint density at radius 3 is 2.65 bits per heavy atom. The average molecular weight is 276 g/mol. The van der Waals surface area contributed by atoms with Gasteiger partial charge in [0.2, 0.25) is 0 Å². The molecule has 0 aromatic heterocycles. The van der Waals surface area contributed by atoms with E-state index in [1.165, 1.54) is 0 Å². The van der Waals surface area contributed by atoms with Gasteiger partial charge in [0.15, 0.2) is 0 Å². The van der Waals surface area contributed by atoms with Gasteiger partial charge in [0, 0.05) is 18.7 Å². The fraction of sp³-hybridized carbons (Fsp3) is 0.538. The van der Waals surface area contributed by atoms with Crippen LogP contribution in [0.2, 0.25) is 10.0 Å². The molecule has 0 aliphatic heterocycles. The standard InChI is InChI=1S/C13H19Cl2NO/c1-3-13(2,7-8-17)16-9-10-5-4-6-11(14)12(10)15/h4-6,16-17H,3,7-9H2,1-2H3. The molecule has 17 heavy (non-hydrogen) atoms. The van der Waals surface area contributed by atoms with Crippen LogP contribution < -0.4 is 5.32 Å². The highest BCUT2D eigenvalue weighted by Crippen LogP contribution is 2.26. The Hall–Kier alpha value is -0.280. The lowest BCUT2D eigenvalue weighted by Crippen LogP contribution is -2.42. The van der Waals surface area contributed by atoms with E-state index in [-0.39, 0.29) is 12.1 Å². The van der Waals surface area contributed by atoms with Gasteiger partial charge in [0.05, 0.1) is 10.0 Å². The number of rotatable bonds is 6. The molecular weight excluding hydrogens is 257 g/mol. The first kappa shape index (κ1) is 14.8.